The van der Waals surface area contributed by atoms with Gasteiger partial charge in [0, 0.05) is 47.3 Å². The summed E-state index contributed by atoms with van der Waals surface area (Å²) in [4.78, 5) is 22.8. The van der Waals surface area contributed by atoms with E-state index in [9.17, 15) is 32.0 Å². The summed E-state index contributed by atoms with van der Waals surface area (Å²) in [5.74, 6) is -1.27. The average molecular weight is 571 g/mol. The summed E-state index contributed by atoms with van der Waals surface area (Å²) < 4.78 is 68.3. The molecule has 1 saturated carbocycles. The Morgan fingerprint density at radius 2 is 2.00 bits per heavy atom. The highest BCUT2D eigenvalue weighted by Gasteiger charge is 2.37. The zero-order valence-electron chi connectivity index (χ0n) is 21.5. The fourth-order valence-electron chi connectivity index (χ4n) is 5.02. The highest BCUT2D eigenvalue weighted by Crippen LogP contribution is 2.43. The highest BCUT2D eigenvalue weighted by molar-refractivity contribution is 7.70. The summed E-state index contributed by atoms with van der Waals surface area (Å²) in [6, 6.07) is 2.66. The maximum atomic E-state index is 14.0. The van der Waals surface area contributed by atoms with Gasteiger partial charge in [0.05, 0.1) is 16.8 Å². The van der Waals surface area contributed by atoms with Gasteiger partial charge < -0.3 is 31.0 Å². The standard InChI is InChI=1S/C25H31F4N6O3P/c1-39(2,38)22-17(23(36)37)6-5-16-18(11-32-21(16)22)20-19(25(27,28)29)12-33-24(35-20)34-15-4-3-14(9-15)31-8-7-13(26)10-30/h5-6,11-15,31-32H,3-4,7-10,30H2,1-2H3,(H,36,37)(H,33,34,35)/t13?,14-,15-/m0/s1. The number of nitrogens with zero attached hydrogens (tertiary/aromatic N) is 2. The van der Waals surface area contributed by atoms with Gasteiger partial charge in [-0.05, 0) is 51.6 Å². The van der Waals surface area contributed by atoms with Crippen molar-refractivity contribution in [1.82, 2.24) is 20.3 Å². The van der Waals surface area contributed by atoms with Crippen LogP contribution in [-0.4, -0.2) is 70.7 Å². The summed E-state index contributed by atoms with van der Waals surface area (Å²) in [6.45, 7) is 3.25. The van der Waals surface area contributed by atoms with E-state index in [0.717, 1.165) is 19.0 Å². The molecule has 1 aliphatic carbocycles. The van der Waals surface area contributed by atoms with Gasteiger partial charge in [-0.15, -0.1) is 0 Å². The Morgan fingerprint density at radius 1 is 1.28 bits per heavy atom. The lowest BCUT2D eigenvalue weighted by molar-refractivity contribution is -0.137. The lowest BCUT2D eigenvalue weighted by Crippen LogP contribution is -2.31. The Bertz CT molecular complexity index is 1410. The van der Waals surface area contributed by atoms with Gasteiger partial charge in [0.25, 0.3) is 0 Å². The van der Waals surface area contributed by atoms with Gasteiger partial charge in [-0.1, -0.05) is 6.07 Å². The summed E-state index contributed by atoms with van der Waals surface area (Å²) in [7, 11) is -3.14. The number of halogens is 4. The van der Waals surface area contributed by atoms with Crippen LogP contribution in [0.15, 0.2) is 24.5 Å². The second-order valence-corrected chi connectivity index (χ2v) is 13.3. The molecule has 3 aromatic rings. The molecule has 2 aromatic heterocycles. The molecule has 0 bridgehead atoms. The molecule has 14 heteroatoms. The van der Waals surface area contributed by atoms with E-state index in [2.05, 4.69) is 25.6 Å². The van der Waals surface area contributed by atoms with Gasteiger partial charge in [0.15, 0.2) is 0 Å². The minimum absolute atomic E-state index is 0.0176. The second-order valence-electron chi connectivity index (χ2n) is 10.1. The predicted octanol–water partition coefficient (Wildman–Crippen LogP) is 4.20. The monoisotopic (exact) mass is 570 g/mol. The van der Waals surface area contributed by atoms with E-state index >= 15 is 0 Å². The van der Waals surface area contributed by atoms with Crippen molar-refractivity contribution in [2.75, 3.05) is 31.7 Å². The summed E-state index contributed by atoms with van der Waals surface area (Å²) >= 11 is 0. The molecule has 0 radical (unpaired) electrons. The molecule has 0 saturated heterocycles. The minimum atomic E-state index is -4.76. The number of aromatic amines is 1. The summed E-state index contributed by atoms with van der Waals surface area (Å²) in [6.07, 6.45) is -1.29. The number of hydrogen-bond donors (Lipinski definition) is 5. The molecule has 39 heavy (non-hydrogen) atoms. The number of alkyl halides is 4. The van der Waals surface area contributed by atoms with Crippen molar-refractivity contribution in [2.45, 2.75) is 50.1 Å². The van der Waals surface area contributed by atoms with Gasteiger partial charge in [0.1, 0.15) is 18.9 Å². The molecule has 2 heterocycles. The van der Waals surface area contributed by atoms with Crippen LogP contribution >= 0.6 is 7.14 Å². The van der Waals surface area contributed by atoms with E-state index < -0.39 is 31.0 Å². The average Bonchev–Trinajstić information content (AvgIpc) is 3.48. The van der Waals surface area contributed by atoms with E-state index in [1.807, 2.05) is 0 Å². The van der Waals surface area contributed by atoms with Crippen LogP contribution in [0.1, 0.15) is 41.6 Å². The number of fused-ring (bicyclic) bond motifs is 1. The Labute approximate surface area is 222 Å². The molecule has 1 fully saturated rings. The molecule has 6 N–H and O–H groups in total. The first-order valence-electron chi connectivity index (χ1n) is 12.5. The van der Waals surface area contributed by atoms with Crippen molar-refractivity contribution in [3.05, 3.63) is 35.7 Å². The van der Waals surface area contributed by atoms with Crippen LogP contribution in [0.4, 0.5) is 23.5 Å². The quantitative estimate of drug-likeness (QED) is 0.180. The Kier molecular flexibility index (Phi) is 8.34. The Morgan fingerprint density at radius 3 is 2.64 bits per heavy atom. The number of carboxylic acids is 1. The largest absolute Gasteiger partial charge is 0.478 e. The number of nitrogens with two attached hydrogens (primary N) is 1. The van der Waals surface area contributed by atoms with Crippen molar-refractivity contribution < 1.29 is 32.0 Å². The zero-order valence-corrected chi connectivity index (χ0v) is 22.4. The molecule has 1 unspecified atom stereocenters. The number of nitrogens with one attached hydrogen (secondary N) is 3. The van der Waals surface area contributed by atoms with Crippen LogP contribution in [0.3, 0.4) is 0 Å². The molecule has 212 valence electrons. The van der Waals surface area contributed by atoms with E-state index in [1.165, 1.54) is 31.7 Å². The van der Waals surface area contributed by atoms with E-state index in [4.69, 9.17) is 5.73 Å². The van der Waals surface area contributed by atoms with Crippen molar-refractivity contribution in [2.24, 2.45) is 5.73 Å². The van der Waals surface area contributed by atoms with Gasteiger partial charge >= 0.3 is 12.1 Å². The summed E-state index contributed by atoms with van der Waals surface area (Å²) in [5, 5.41) is 16.3. The molecule has 9 nitrogen and oxygen atoms in total. The Balaban J connectivity index is 1.66. The van der Waals surface area contributed by atoms with Gasteiger partial charge in [-0.3, -0.25) is 0 Å². The molecule has 1 aromatic carbocycles. The van der Waals surface area contributed by atoms with Crippen molar-refractivity contribution in [1.29, 1.82) is 0 Å². The lowest BCUT2D eigenvalue weighted by Gasteiger charge is -2.17. The molecule has 0 aliphatic heterocycles. The third-order valence-electron chi connectivity index (χ3n) is 6.86. The number of aromatic nitrogens is 3. The Hall–Kier alpha value is -3.02. The molecule has 0 amide bonds. The third kappa shape index (κ3) is 6.42. The van der Waals surface area contributed by atoms with Gasteiger partial charge in [-0.2, -0.15) is 13.2 Å². The normalized spacial score (nSPS) is 18.9. The molecule has 4 rings (SSSR count). The van der Waals surface area contributed by atoms with Gasteiger partial charge in [-0.25, -0.2) is 19.2 Å². The molecular formula is C25H31F4N6O3P. The number of anilines is 1. The van der Waals surface area contributed by atoms with E-state index in [0.29, 0.717) is 19.4 Å². The van der Waals surface area contributed by atoms with Crippen LogP contribution in [0.2, 0.25) is 0 Å². The van der Waals surface area contributed by atoms with Crippen LogP contribution in [-0.2, 0) is 10.7 Å². The third-order valence-corrected chi connectivity index (χ3v) is 8.40. The van der Waals surface area contributed by atoms with Crippen molar-refractivity contribution >= 4 is 35.3 Å². The molecule has 1 aliphatic rings. The predicted molar refractivity (Wildman–Crippen MR) is 142 cm³/mol. The van der Waals surface area contributed by atoms with E-state index in [1.54, 1.807) is 0 Å². The first-order chi connectivity index (χ1) is 18.3. The fourth-order valence-corrected chi connectivity index (χ4v) is 6.49. The van der Waals surface area contributed by atoms with Gasteiger partial charge in [0.2, 0.25) is 5.95 Å². The SMILES string of the molecule is CP(C)(=O)c1c(C(=O)O)ccc2c(-c3nc(N[C@H]4CC[C@H](NCCC(F)CN)C4)ncc3C(F)(F)F)c[nH]c12. The number of aromatic carboxylic acids is 1. The maximum absolute atomic E-state index is 14.0. The highest BCUT2D eigenvalue weighted by atomic mass is 31.2. The van der Waals surface area contributed by atoms with Crippen LogP contribution in [0, 0.1) is 0 Å². The van der Waals surface area contributed by atoms with Crippen LogP contribution in [0.25, 0.3) is 22.2 Å². The minimum Gasteiger partial charge on any atom is -0.478 e. The van der Waals surface area contributed by atoms with Crippen LogP contribution < -0.4 is 21.7 Å². The van der Waals surface area contributed by atoms with Crippen molar-refractivity contribution in [3.63, 3.8) is 0 Å². The summed E-state index contributed by atoms with van der Waals surface area (Å²) in [5.41, 5.74) is 3.95. The number of carbonyl (C=O) groups is 1. The molecule has 3 atom stereocenters. The van der Waals surface area contributed by atoms with E-state index in [-0.39, 0.29) is 57.6 Å². The molecular weight excluding hydrogens is 539 g/mol. The number of hydrogen-bond acceptors (Lipinski definition) is 7. The topological polar surface area (TPSA) is 146 Å². The second kappa shape index (κ2) is 11.2. The molecule has 0 spiro atoms. The zero-order chi connectivity index (χ0) is 28.5. The number of H-pyrrole nitrogens is 1. The van der Waals surface area contributed by atoms with Crippen molar-refractivity contribution in [3.8, 4) is 11.3 Å². The first-order valence-corrected chi connectivity index (χ1v) is 15.1. The maximum Gasteiger partial charge on any atom is 0.419 e. The number of rotatable bonds is 10. The number of benzene rings is 1. The fraction of sp³-hybridized carbons (Fsp3) is 0.480. The van der Waals surface area contributed by atoms with Crippen LogP contribution in [0.5, 0.6) is 0 Å². The lowest BCUT2D eigenvalue weighted by atomic mass is 10.0. The first kappa shape index (κ1) is 29.0. The smallest absolute Gasteiger partial charge is 0.419 e. The number of carboxylic acid groups (broad SMARTS) is 1.